The van der Waals surface area contributed by atoms with E-state index in [-0.39, 0.29) is 5.92 Å². The molecule has 1 aromatic carbocycles. The van der Waals surface area contributed by atoms with Crippen molar-refractivity contribution in [3.63, 3.8) is 0 Å². The molecule has 0 aliphatic rings. The number of carbonyl (C=O) groups excluding carboxylic acids is 1. The van der Waals surface area contributed by atoms with E-state index in [9.17, 15) is 4.79 Å². The van der Waals surface area contributed by atoms with Gasteiger partial charge >= 0.3 is 0 Å². The molecule has 82 valence electrons. The number of halogens is 1. The first kappa shape index (κ1) is 12.3. The fraction of sp³-hybridized carbons (Fsp3) is 0.462. The maximum Gasteiger partial charge on any atom is 0.140 e. The van der Waals surface area contributed by atoms with Crippen LogP contribution in [-0.4, -0.2) is 5.78 Å². The third kappa shape index (κ3) is 3.35. The third-order valence-electron chi connectivity index (χ3n) is 2.57. The molecule has 0 aromatic heterocycles. The molecule has 0 fully saturated rings. The highest BCUT2D eigenvalue weighted by Crippen LogP contribution is 2.23. The molecule has 1 rings (SSSR count). The Morgan fingerprint density at radius 1 is 1.27 bits per heavy atom. The minimum atomic E-state index is 0.0437. The lowest BCUT2D eigenvalue weighted by molar-refractivity contribution is -0.120. The standard InChI is InChI=1S/C13H17ClO/c1-3-5-13(15)12(4-2)10-6-8-11(14)9-7-10/h6-9,12H,3-5H2,1-2H3. The van der Waals surface area contributed by atoms with Gasteiger partial charge in [-0.2, -0.15) is 0 Å². The number of hydrogen-bond acceptors (Lipinski definition) is 1. The predicted molar refractivity (Wildman–Crippen MR) is 64.4 cm³/mol. The van der Waals surface area contributed by atoms with Crippen LogP contribution in [0, 0.1) is 0 Å². The fourth-order valence-corrected chi connectivity index (χ4v) is 1.89. The molecule has 0 aliphatic carbocycles. The largest absolute Gasteiger partial charge is 0.299 e. The van der Waals surface area contributed by atoms with Crippen molar-refractivity contribution in [3.8, 4) is 0 Å². The van der Waals surface area contributed by atoms with Gasteiger partial charge in [0.1, 0.15) is 5.78 Å². The van der Waals surface area contributed by atoms with Gasteiger partial charge in [0.25, 0.3) is 0 Å². The summed E-state index contributed by atoms with van der Waals surface area (Å²) in [6, 6.07) is 7.59. The van der Waals surface area contributed by atoms with E-state index in [1.54, 1.807) is 0 Å². The van der Waals surface area contributed by atoms with E-state index in [1.165, 1.54) is 0 Å². The summed E-state index contributed by atoms with van der Waals surface area (Å²) in [4.78, 5) is 11.8. The van der Waals surface area contributed by atoms with E-state index >= 15 is 0 Å². The summed E-state index contributed by atoms with van der Waals surface area (Å²) in [5.74, 6) is 0.379. The molecule has 0 bridgehead atoms. The topological polar surface area (TPSA) is 17.1 Å². The fourth-order valence-electron chi connectivity index (χ4n) is 1.76. The number of carbonyl (C=O) groups is 1. The highest BCUT2D eigenvalue weighted by Gasteiger charge is 2.17. The molecule has 2 heteroatoms. The van der Waals surface area contributed by atoms with Crippen LogP contribution >= 0.6 is 11.6 Å². The first-order chi connectivity index (χ1) is 7.19. The number of benzene rings is 1. The maximum atomic E-state index is 11.8. The second-order valence-corrected chi connectivity index (χ2v) is 4.17. The minimum Gasteiger partial charge on any atom is -0.299 e. The van der Waals surface area contributed by atoms with Crippen molar-refractivity contribution in [1.29, 1.82) is 0 Å². The van der Waals surface area contributed by atoms with Crippen LogP contribution in [0.5, 0.6) is 0 Å². The number of Topliss-reactive ketones (excluding diaryl/α,β-unsaturated/α-hetero) is 1. The van der Waals surface area contributed by atoms with Gasteiger partial charge in [0, 0.05) is 17.4 Å². The van der Waals surface area contributed by atoms with Crippen LogP contribution in [0.25, 0.3) is 0 Å². The Kier molecular flexibility index (Phi) is 4.83. The molecule has 1 nitrogen and oxygen atoms in total. The van der Waals surface area contributed by atoms with Gasteiger partial charge in [-0.3, -0.25) is 4.79 Å². The molecule has 1 unspecified atom stereocenters. The summed E-state index contributed by atoms with van der Waals surface area (Å²) in [7, 11) is 0. The summed E-state index contributed by atoms with van der Waals surface area (Å²) in [5, 5.41) is 0.719. The number of ketones is 1. The lowest BCUT2D eigenvalue weighted by Crippen LogP contribution is -2.11. The molecular weight excluding hydrogens is 208 g/mol. The highest BCUT2D eigenvalue weighted by atomic mass is 35.5. The Labute approximate surface area is 96.5 Å². The van der Waals surface area contributed by atoms with Gasteiger partial charge in [-0.1, -0.05) is 37.6 Å². The van der Waals surface area contributed by atoms with Crippen molar-refractivity contribution in [2.75, 3.05) is 0 Å². The van der Waals surface area contributed by atoms with Crippen LogP contribution in [0.3, 0.4) is 0 Å². The lowest BCUT2D eigenvalue weighted by Gasteiger charge is -2.13. The van der Waals surface area contributed by atoms with E-state index < -0.39 is 0 Å². The first-order valence-electron chi connectivity index (χ1n) is 5.47. The monoisotopic (exact) mass is 224 g/mol. The molecule has 0 spiro atoms. The van der Waals surface area contributed by atoms with E-state index in [0.717, 1.165) is 23.4 Å². The molecule has 0 saturated carbocycles. The van der Waals surface area contributed by atoms with E-state index in [4.69, 9.17) is 11.6 Å². The summed E-state index contributed by atoms with van der Waals surface area (Å²) < 4.78 is 0. The van der Waals surface area contributed by atoms with Crippen LogP contribution in [0.2, 0.25) is 5.02 Å². The van der Waals surface area contributed by atoms with Crippen molar-refractivity contribution < 1.29 is 4.79 Å². The lowest BCUT2D eigenvalue weighted by atomic mass is 9.90. The summed E-state index contributed by atoms with van der Waals surface area (Å²) in [5.41, 5.74) is 1.08. The number of rotatable bonds is 5. The van der Waals surface area contributed by atoms with Crippen LogP contribution in [-0.2, 0) is 4.79 Å². The Hall–Kier alpha value is -0.820. The molecule has 0 saturated heterocycles. The molecule has 1 aromatic rings. The van der Waals surface area contributed by atoms with Crippen molar-refractivity contribution in [1.82, 2.24) is 0 Å². The second kappa shape index (κ2) is 5.92. The van der Waals surface area contributed by atoms with Gasteiger partial charge in [0.05, 0.1) is 0 Å². The van der Waals surface area contributed by atoms with Crippen molar-refractivity contribution >= 4 is 17.4 Å². The van der Waals surface area contributed by atoms with Crippen LogP contribution in [0.15, 0.2) is 24.3 Å². The van der Waals surface area contributed by atoms with Gasteiger partial charge in [0.15, 0.2) is 0 Å². The van der Waals surface area contributed by atoms with Gasteiger partial charge in [0.2, 0.25) is 0 Å². The van der Waals surface area contributed by atoms with Crippen molar-refractivity contribution in [2.24, 2.45) is 0 Å². The Morgan fingerprint density at radius 3 is 2.33 bits per heavy atom. The molecule has 1 atom stereocenters. The zero-order valence-corrected chi connectivity index (χ0v) is 10.1. The normalized spacial score (nSPS) is 12.5. The van der Waals surface area contributed by atoms with E-state index in [1.807, 2.05) is 38.1 Å². The summed E-state index contributed by atoms with van der Waals surface area (Å²) >= 11 is 5.82. The SMILES string of the molecule is CCCC(=O)C(CC)c1ccc(Cl)cc1. The van der Waals surface area contributed by atoms with Gasteiger partial charge < -0.3 is 0 Å². The smallest absolute Gasteiger partial charge is 0.140 e. The van der Waals surface area contributed by atoms with Gasteiger partial charge in [-0.25, -0.2) is 0 Å². The zero-order valence-electron chi connectivity index (χ0n) is 9.29. The first-order valence-corrected chi connectivity index (χ1v) is 5.85. The van der Waals surface area contributed by atoms with Crippen LogP contribution in [0.1, 0.15) is 44.6 Å². The molecule has 0 radical (unpaired) electrons. The average molecular weight is 225 g/mol. The van der Waals surface area contributed by atoms with Gasteiger partial charge in [-0.15, -0.1) is 0 Å². The number of hydrogen-bond donors (Lipinski definition) is 0. The molecule has 0 N–H and O–H groups in total. The zero-order chi connectivity index (χ0) is 11.3. The van der Waals surface area contributed by atoms with E-state index in [0.29, 0.717) is 12.2 Å². The second-order valence-electron chi connectivity index (χ2n) is 3.73. The average Bonchev–Trinajstić information content (AvgIpc) is 2.22. The van der Waals surface area contributed by atoms with Crippen LogP contribution in [0.4, 0.5) is 0 Å². The maximum absolute atomic E-state index is 11.8. The molecule has 0 amide bonds. The predicted octanol–water partition coefficient (Wildman–Crippen LogP) is 4.20. The summed E-state index contributed by atoms with van der Waals surface area (Å²) in [6.45, 7) is 4.08. The molecule has 15 heavy (non-hydrogen) atoms. The third-order valence-corrected chi connectivity index (χ3v) is 2.82. The highest BCUT2D eigenvalue weighted by molar-refractivity contribution is 6.30. The van der Waals surface area contributed by atoms with E-state index in [2.05, 4.69) is 0 Å². The molecule has 0 aliphatic heterocycles. The van der Waals surface area contributed by atoms with Crippen molar-refractivity contribution in [3.05, 3.63) is 34.9 Å². The Morgan fingerprint density at radius 2 is 1.87 bits per heavy atom. The van der Waals surface area contributed by atoms with Crippen LogP contribution < -0.4 is 0 Å². The quantitative estimate of drug-likeness (QED) is 0.733. The molecular formula is C13H17ClO. The molecule has 0 heterocycles. The van der Waals surface area contributed by atoms with Gasteiger partial charge in [-0.05, 0) is 30.5 Å². The summed E-state index contributed by atoms with van der Waals surface area (Å²) in [6.07, 6.45) is 2.45. The minimum absolute atomic E-state index is 0.0437. The Balaban J connectivity index is 2.82. The van der Waals surface area contributed by atoms with Crippen molar-refractivity contribution in [2.45, 2.75) is 39.0 Å². The Bertz CT molecular complexity index is 316.